The first-order chi connectivity index (χ1) is 6.90. The molecule has 0 aliphatic carbocycles. The van der Waals surface area contributed by atoms with Crippen LogP contribution >= 0.6 is 0 Å². The Kier molecular flexibility index (Phi) is 5.92. The number of carbonyl (C=O) groups is 1. The minimum absolute atomic E-state index is 0.000929. The molecule has 0 aromatic heterocycles. The summed E-state index contributed by atoms with van der Waals surface area (Å²) in [6.07, 6.45) is -6.36. The van der Waals surface area contributed by atoms with Crippen LogP contribution in [-0.2, 0) is 9.53 Å². The Morgan fingerprint density at radius 1 is 1.33 bits per heavy atom. The summed E-state index contributed by atoms with van der Waals surface area (Å²) < 4.78 is 52.4. The van der Waals surface area contributed by atoms with Crippen molar-refractivity contribution in [1.82, 2.24) is 0 Å². The number of rotatable bonds is 5. The maximum atomic E-state index is 12.0. The molecule has 1 atom stereocenters. The zero-order valence-corrected chi connectivity index (χ0v) is 7.92. The van der Waals surface area contributed by atoms with Crippen LogP contribution in [0.1, 0.15) is 6.92 Å². The first-order valence-corrected chi connectivity index (χ1v) is 4.10. The van der Waals surface area contributed by atoms with E-state index in [0.29, 0.717) is 6.08 Å². The topological polar surface area (TPSA) is 52.3 Å². The first kappa shape index (κ1) is 13.9. The Balaban J connectivity index is 4.60. The van der Waals surface area contributed by atoms with Crippen molar-refractivity contribution in [3.8, 4) is 0 Å². The molecule has 0 amide bonds. The van der Waals surface area contributed by atoms with Gasteiger partial charge in [-0.1, -0.05) is 0 Å². The van der Waals surface area contributed by atoms with E-state index in [-0.39, 0.29) is 6.61 Å². The normalized spacial score (nSPS) is 12.8. The molecule has 2 N–H and O–H groups in total. The third-order valence-electron chi connectivity index (χ3n) is 1.43. The molecule has 3 nitrogen and oxygen atoms in total. The number of ether oxygens (including phenoxy) is 1. The molecule has 0 aromatic carbocycles. The quantitative estimate of drug-likeness (QED) is 0.439. The lowest BCUT2D eigenvalue weighted by Crippen LogP contribution is -2.31. The Labute approximate surface area is 83.9 Å². The van der Waals surface area contributed by atoms with Crippen molar-refractivity contribution in [2.24, 2.45) is 5.73 Å². The summed E-state index contributed by atoms with van der Waals surface area (Å²) in [6, 6.07) is -1.59. The predicted molar refractivity (Wildman–Crippen MR) is 44.7 cm³/mol. The van der Waals surface area contributed by atoms with Gasteiger partial charge in [0, 0.05) is 0 Å². The summed E-state index contributed by atoms with van der Waals surface area (Å²) in [5.74, 6) is -1.02. The van der Waals surface area contributed by atoms with Crippen molar-refractivity contribution in [3.63, 3.8) is 0 Å². The number of hydrogen-bond acceptors (Lipinski definition) is 3. The first-order valence-electron chi connectivity index (χ1n) is 4.10. The highest BCUT2D eigenvalue weighted by Gasteiger charge is 2.24. The second kappa shape index (κ2) is 6.39. The van der Waals surface area contributed by atoms with Crippen LogP contribution in [0.2, 0.25) is 0 Å². The summed E-state index contributed by atoms with van der Waals surface area (Å²) in [5.41, 5.74) is 3.60. The lowest BCUT2D eigenvalue weighted by molar-refractivity contribution is -0.143. The molecule has 0 aromatic rings. The summed E-state index contributed by atoms with van der Waals surface area (Å²) in [4.78, 5) is 10.8. The van der Waals surface area contributed by atoms with Crippen molar-refractivity contribution in [3.05, 3.63) is 11.6 Å². The maximum absolute atomic E-state index is 12.0. The molecular formula is C8H11F4NO2. The van der Waals surface area contributed by atoms with E-state index >= 15 is 0 Å². The molecule has 7 heteroatoms. The zero-order chi connectivity index (χ0) is 12.0. The Morgan fingerprint density at radius 2 is 1.80 bits per heavy atom. The van der Waals surface area contributed by atoms with Crippen molar-refractivity contribution in [1.29, 1.82) is 0 Å². The van der Waals surface area contributed by atoms with E-state index in [4.69, 9.17) is 5.73 Å². The SMILES string of the molecule is CCOC(=O)[C@@H](N)C=C(C(F)F)C(F)F. The molecule has 15 heavy (non-hydrogen) atoms. The molecule has 0 fully saturated rings. The highest BCUT2D eigenvalue weighted by atomic mass is 19.3. The lowest BCUT2D eigenvalue weighted by atomic mass is 10.2. The van der Waals surface area contributed by atoms with Crippen LogP contribution in [0.5, 0.6) is 0 Å². The highest BCUT2D eigenvalue weighted by molar-refractivity contribution is 5.77. The highest BCUT2D eigenvalue weighted by Crippen LogP contribution is 2.17. The fraction of sp³-hybridized carbons (Fsp3) is 0.625. The number of halogens is 4. The molecule has 0 saturated heterocycles. The van der Waals surface area contributed by atoms with Crippen LogP contribution in [0.3, 0.4) is 0 Å². The van der Waals surface area contributed by atoms with E-state index in [9.17, 15) is 22.4 Å². The van der Waals surface area contributed by atoms with Crippen molar-refractivity contribution in [2.75, 3.05) is 6.61 Å². The lowest BCUT2D eigenvalue weighted by Gasteiger charge is -2.09. The Morgan fingerprint density at radius 3 is 2.13 bits per heavy atom. The minimum atomic E-state index is -3.34. The molecule has 0 radical (unpaired) electrons. The van der Waals surface area contributed by atoms with Gasteiger partial charge in [0.05, 0.1) is 12.2 Å². The Hall–Kier alpha value is -1.11. The Bertz CT molecular complexity index is 233. The second-order valence-corrected chi connectivity index (χ2v) is 2.55. The molecule has 0 rings (SSSR count). The van der Waals surface area contributed by atoms with E-state index < -0.39 is 30.4 Å². The van der Waals surface area contributed by atoms with Gasteiger partial charge in [0.1, 0.15) is 6.04 Å². The van der Waals surface area contributed by atoms with Gasteiger partial charge in [-0.3, -0.25) is 4.79 Å². The van der Waals surface area contributed by atoms with Gasteiger partial charge in [-0.2, -0.15) is 0 Å². The zero-order valence-electron chi connectivity index (χ0n) is 7.92. The monoisotopic (exact) mass is 229 g/mol. The summed E-state index contributed by atoms with van der Waals surface area (Å²) >= 11 is 0. The van der Waals surface area contributed by atoms with Crippen LogP contribution in [0.25, 0.3) is 0 Å². The molecule has 0 spiro atoms. The van der Waals surface area contributed by atoms with E-state index in [1.165, 1.54) is 6.92 Å². The van der Waals surface area contributed by atoms with Crippen LogP contribution in [0.15, 0.2) is 11.6 Å². The summed E-state index contributed by atoms with van der Waals surface area (Å²) in [6.45, 7) is 1.48. The molecule has 0 unspecified atom stereocenters. The molecule has 0 aliphatic rings. The van der Waals surface area contributed by atoms with Gasteiger partial charge in [-0.05, 0) is 13.0 Å². The molecular weight excluding hydrogens is 218 g/mol. The average molecular weight is 229 g/mol. The molecule has 0 bridgehead atoms. The van der Waals surface area contributed by atoms with E-state index in [2.05, 4.69) is 4.74 Å². The van der Waals surface area contributed by atoms with E-state index in [1.54, 1.807) is 0 Å². The van der Waals surface area contributed by atoms with E-state index in [0.717, 1.165) is 0 Å². The van der Waals surface area contributed by atoms with Crippen molar-refractivity contribution in [2.45, 2.75) is 25.8 Å². The molecule has 0 aliphatic heterocycles. The predicted octanol–water partition coefficient (Wildman–Crippen LogP) is 1.33. The third-order valence-corrected chi connectivity index (χ3v) is 1.43. The summed E-state index contributed by atoms with van der Waals surface area (Å²) in [7, 11) is 0. The van der Waals surface area contributed by atoms with Crippen LogP contribution in [-0.4, -0.2) is 31.5 Å². The largest absolute Gasteiger partial charge is 0.465 e. The maximum Gasteiger partial charge on any atom is 0.326 e. The molecule has 0 heterocycles. The second-order valence-electron chi connectivity index (χ2n) is 2.55. The molecule has 0 saturated carbocycles. The summed E-state index contributed by atoms with van der Waals surface area (Å²) in [5, 5.41) is 0. The van der Waals surface area contributed by atoms with Gasteiger partial charge < -0.3 is 10.5 Å². The fourth-order valence-electron chi connectivity index (χ4n) is 0.755. The van der Waals surface area contributed by atoms with E-state index in [1.807, 2.05) is 0 Å². The number of esters is 1. The number of alkyl halides is 4. The van der Waals surface area contributed by atoms with Crippen LogP contribution < -0.4 is 5.73 Å². The number of allylic oxidation sites excluding steroid dienone is 1. The van der Waals surface area contributed by atoms with Crippen LogP contribution in [0.4, 0.5) is 17.6 Å². The minimum Gasteiger partial charge on any atom is -0.465 e. The smallest absolute Gasteiger partial charge is 0.326 e. The fourth-order valence-corrected chi connectivity index (χ4v) is 0.755. The van der Waals surface area contributed by atoms with Gasteiger partial charge in [0.2, 0.25) is 0 Å². The van der Waals surface area contributed by atoms with Crippen molar-refractivity contribution < 1.29 is 27.1 Å². The van der Waals surface area contributed by atoms with Gasteiger partial charge in [0.25, 0.3) is 12.9 Å². The third kappa shape index (κ3) is 4.78. The van der Waals surface area contributed by atoms with Gasteiger partial charge in [-0.15, -0.1) is 0 Å². The number of carbonyl (C=O) groups excluding carboxylic acids is 1. The number of nitrogens with two attached hydrogens (primary N) is 1. The van der Waals surface area contributed by atoms with Crippen molar-refractivity contribution >= 4 is 5.97 Å². The van der Waals surface area contributed by atoms with Gasteiger partial charge in [0.15, 0.2) is 0 Å². The number of hydrogen-bond donors (Lipinski definition) is 1. The average Bonchev–Trinajstić information content (AvgIpc) is 2.12. The standard InChI is InChI=1S/C8H11F4NO2/c1-2-15-8(14)5(13)3-4(6(9)10)7(11)12/h3,5-7H,2,13H2,1H3/t5-/m0/s1. The van der Waals surface area contributed by atoms with Gasteiger partial charge in [-0.25, -0.2) is 17.6 Å². The van der Waals surface area contributed by atoms with Crippen LogP contribution in [0, 0.1) is 0 Å². The molecule has 88 valence electrons. The van der Waals surface area contributed by atoms with Gasteiger partial charge >= 0.3 is 5.97 Å².